The largest absolute Gasteiger partial charge is 0.493 e. The van der Waals surface area contributed by atoms with Gasteiger partial charge in [-0.2, -0.15) is 0 Å². The standard InChI is InChI=1S/C26H38N2O5S/c1-7-9-10-21(8-2)17-27-26(29)18-28(22-14-19(3)13-20(4)15-22)34(30,31)23-11-12-24(32-5)25(16-23)33-6/h11-16,21H,7-10,17-18H2,1-6H3,(H,27,29). The molecule has 8 heteroatoms. The van der Waals surface area contributed by atoms with Crippen molar-refractivity contribution in [2.24, 2.45) is 5.92 Å². The van der Waals surface area contributed by atoms with Crippen molar-refractivity contribution in [2.75, 3.05) is 31.6 Å². The zero-order valence-electron chi connectivity index (χ0n) is 21.2. The molecule has 0 saturated heterocycles. The second kappa shape index (κ2) is 12.6. The maximum Gasteiger partial charge on any atom is 0.264 e. The third kappa shape index (κ3) is 7.13. The number of nitrogens with zero attached hydrogens (tertiary/aromatic N) is 1. The van der Waals surface area contributed by atoms with Gasteiger partial charge in [0.15, 0.2) is 11.5 Å². The van der Waals surface area contributed by atoms with Crippen molar-refractivity contribution >= 4 is 21.6 Å². The molecule has 0 heterocycles. The zero-order valence-corrected chi connectivity index (χ0v) is 22.0. The fourth-order valence-corrected chi connectivity index (χ4v) is 5.32. The summed E-state index contributed by atoms with van der Waals surface area (Å²) in [6, 6.07) is 9.93. The van der Waals surface area contributed by atoms with Crippen LogP contribution in [0.5, 0.6) is 11.5 Å². The molecular formula is C26H38N2O5S. The molecule has 0 aromatic heterocycles. The lowest BCUT2D eigenvalue weighted by Crippen LogP contribution is -2.42. The summed E-state index contributed by atoms with van der Waals surface area (Å²) in [5.74, 6) is 0.768. The van der Waals surface area contributed by atoms with Crippen molar-refractivity contribution < 1.29 is 22.7 Å². The Morgan fingerprint density at radius 2 is 1.65 bits per heavy atom. The predicted octanol–water partition coefficient (Wildman–Crippen LogP) is 4.85. The summed E-state index contributed by atoms with van der Waals surface area (Å²) < 4.78 is 39.2. The number of hydrogen-bond donors (Lipinski definition) is 1. The Labute approximate surface area is 204 Å². The Morgan fingerprint density at radius 3 is 2.21 bits per heavy atom. The number of carbonyl (C=O) groups is 1. The number of hydrogen-bond acceptors (Lipinski definition) is 5. The van der Waals surface area contributed by atoms with Gasteiger partial charge in [0.2, 0.25) is 5.91 Å². The lowest BCUT2D eigenvalue weighted by Gasteiger charge is -2.26. The number of nitrogens with one attached hydrogen (secondary N) is 1. The molecule has 0 aliphatic carbocycles. The van der Waals surface area contributed by atoms with E-state index in [1.165, 1.54) is 26.4 Å². The first-order chi connectivity index (χ1) is 16.2. The number of benzene rings is 2. The van der Waals surface area contributed by atoms with Crippen molar-refractivity contribution in [3.8, 4) is 11.5 Å². The van der Waals surface area contributed by atoms with Gasteiger partial charge >= 0.3 is 0 Å². The number of aryl methyl sites for hydroxylation is 2. The van der Waals surface area contributed by atoms with Gasteiger partial charge in [-0.1, -0.05) is 39.2 Å². The number of anilines is 1. The summed E-state index contributed by atoms with van der Waals surface area (Å²) in [6.07, 6.45) is 4.22. The summed E-state index contributed by atoms with van der Waals surface area (Å²) in [6.45, 7) is 8.27. The molecule has 0 spiro atoms. The first kappa shape index (κ1) is 27.5. The third-order valence-electron chi connectivity index (χ3n) is 5.86. The topological polar surface area (TPSA) is 84.9 Å². The van der Waals surface area contributed by atoms with Crippen molar-refractivity contribution in [1.29, 1.82) is 0 Å². The van der Waals surface area contributed by atoms with Gasteiger partial charge in [0.25, 0.3) is 10.0 Å². The molecule has 0 fully saturated rings. The minimum absolute atomic E-state index is 0.0199. The van der Waals surface area contributed by atoms with Crippen LogP contribution in [0.15, 0.2) is 41.3 Å². The van der Waals surface area contributed by atoms with Crippen LogP contribution in [-0.2, 0) is 14.8 Å². The van der Waals surface area contributed by atoms with E-state index in [0.717, 1.165) is 41.1 Å². The molecule has 0 saturated carbocycles. The van der Waals surface area contributed by atoms with E-state index in [4.69, 9.17) is 9.47 Å². The average Bonchev–Trinajstić information content (AvgIpc) is 2.81. The molecule has 0 aliphatic heterocycles. The predicted molar refractivity (Wildman–Crippen MR) is 136 cm³/mol. The van der Waals surface area contributed by atoms with Crippen LogP contribution in [0, 0.1) is 19.8 Å². The lowest BCUT2D eigenvalue weighted by atomic mass is 9.99. The highest BCUT2D eigenvalue weighted by atomic mass is 32.2. The Kier molecular flexibility index (Phi) is 10.2. The summed E-state index contributed by atoms with van der Waals surface area (Å²) >= 11 is 0. The Balaban J connectivity index is 2.39. The molecule has 1 N–H and O–H groups in total. The monoisotopic (exact) mass is 490 g/mol. The van der Waals surface area contributed by atoms with Crippen LogP contribution in [0.2, 0.25) is 0 Å². The lowest BCUT2D eigenvalue weighted by molar-refractivity contribution is -0.119. The van der Waals surface area contributed by atoms with Gasteiger partial charge in [-0.3, -0.25) is 9.10 Å². The zero-order chi connectivity index (χ0) is 25.3. The van der Waals surface area contributed by atoms with E-state index >= 15 is 0 Å². The van der Waals surface area contributed by atoms with Gasteiger partial charge in [-0.25, -0.2) is 8.42 Å². The molecule has 7 nitrogen and oxygen atoms in total. The summed E-state index contributed by atoms with van der Waals surface area (Å²) in [5, 5.41) is 2.95. The summed E-state index contributed by atoms with van der Waals surface area (Å²) in [4.78, 5) is 13.0. The van der Waals surface area contributed by atoms with E-state index in [0.29, 0.717) is 29.6 Å². The molecule has 0 radical (unpaired) electrons. The number of carbonyl (C=O) groups excluding carboxylic acids is 1. The smallest absolute Gasteiger partial charge is 0.264 e. The van der Waals surface area contributed by atoms with Crippen molar-refractivity contribution in [3.05, 3.63) is 47.5 Å². The van der Waals surface area contributed by atoms with Crippen LogP contribution < -0.4 is 19.1 Å². The normalized spacial score (nSPS) is 12.2. The minimum Gasteiger partial charge on any atom is -0.493 e. The maximum absolute atomic E-state index is 13.7. The van der Waals surface area contributed by atoms with Crippen LogP contribution in [0.25, 0.3) is 0 Å². The number of amides is 1. The number of ether oxygens (including phenoxy) is 2. The Morgan fingerprint density at radius 1 is 1.00 bits per heavy atom. The Bertz CT molecular complexity index is 1050. The van der Waals surface area contributed by atoms with E-state index in [2.05, 4.69) is 19.2 Å². The van der Waals surface area contributed by atoms with Crippen molar-refractivity contribution in [2.45, 2.75) is 58.3 Å². The SMILES string of the molecule is CCCCC(CC)CNC(=O)CN(c1cc(C)cc(C)c1)S(=O)(=O)c1ccc(OC)c(OC)c1. The number of methoxy groups -OCH3 is 2. The van der Waals surface area contributed by atoms with Crippen molar-refractivity contribution in [1.82, 2.24) is 5.32 Å². The van der Waals surface area contributed by atoms with E-state index in [9.17, 15) is 13.2 Å². The van der Waals surface area contributed by atoms with E-state index in [1.807, 2.05) is 19.9 Å². The fourth-order valence-electron chi connectivity index (χ4n) is 3.90. The first-order valence-electron chi connectivity index (χ1n) is 11.8. The highest BCUT2D eigenvalue weighted by molar-refractivity contribution is 7.92. The van der Waals surface area contributed by atoms with E-state index < -0.39 is 10.0 Å². The molecule has 2 aromatic rings. The molecular weight excluding hydrogens is 452 g/mol. The van der Waals surface area contributed by atoms with Gasteiger partial charge in [-0.15, -0.1) is 0 Å². The number of unbranched alkanes of at least 4 members (excludes halogenated alkanes) is 1. The van der Waals surface area contributed by atoms with Crippen LogP contribution in [0.3, 0.4) is 0 Å². The average molecular weight is 491 g/mol. The highest BCUT2D eigenvalue weighted by Gasteiger charge is 2.29. The molecule has 1 unspecified atom stereocenters. The summed E-state index contributed by atoms with van der Waals surface area (Å²) in [5.41, 5.74) is 2.27. The fraction of sp³-hybridized carbons (Fsp3) is 0.500. The molecule has 1 atom stereocenters. The first-order valence-corrected chi connectivity index (χ1v) is 13.2. The van der Waals surface area contributed by atoms with Crippen LogP contribution in [0.1, 0.15) is 50.7 Å². The maximum atomic E-state index is 13.7. The molecule has 0 bridgehead atoms. The van der Waals surface area contributed by atoms with E-state index in [-0.39, 0.29) is 17.3 Å². The van der Waals surface area contributed by atoms with Gasteiger partial charge < -0.3 is 14.8 Å². The molecule has 34 heavy (non-hydrogen) atoms. The van der Waals surface area contributed by atoms with Crippen molar-refractivity contribution in [3.63, 3.8) is 0 Å². The quantitative estimate of drug-likeness (QED) is 0.434. The van der Waals surface area contributed by atoms with Gasteiger partial charge in [0.05, 0.1) is 24.8 Å². The number of sulfonamides is 1. The second-order valence-electron chi connectivity index (χ2n) is 8.59. The van der Waals surface area contributed by atoms with Gasteiger partial charge in [0.1, 0.15) is 6.54 Å². The van der Waals surface area contributed by atoms with Crippen LogP contribution in [-0.4, -0.2) is 41.6 Å². The Hall–Kier alpha value is -2.74. The van der Waals surface area contributed by atoms with Gasteiger partial charge in [-0.05, 0) is 61.6 Å². The molecule has 0 aliphatic rings. The molecule has 2 aromatic carbocycles. The minimum atomic E-state index is -4.06. The molecule has 1 amide bonds. The second-order valence-corrected chi connectivity index (χ2v) is 10.5. The van der Waals surface area contributed by atoms with Crippen LogP contribution >= 0.6 is 0 Å². The molecule has 188 valence electrons. The van der Waals surface area contributed by atoms with E-state index in [1.54, 1.807) is 18.2 Å². The summed E-state index contributed by atoms with van der Waals surface area (Å²) in [7, 11) is -1.12. The van der Waals surface area contributed by atoms with Gasteiger partial charge in [0, 0.05) is 12.6 Å². The molecule has 2 rings (SSSR count). The third-order valence-corrected chi connectivity index (χ3v) is 7.63. The highest BCUT2D eigenvalue weighted by Crippen LogP contribution is 2.32. The number of rotatable bonds is 13. The van der Waals surface area contributed by atoms with Crippen LogP contribution in [0.4, 0.5) is 5.69 Å².